The number of hydrogen-bond acceptors (Lipinski definition) is 4. The Morgan fingerprint density at radius 1 is 0.815 bits per heavy atom. The van der Waals surface area contributed by atoms with E-state index in [2.05, 4.69) is 53.7 Å². The Hall–Kier alpha value is -1.71. The van der Waals surface area contributed by atoms with Crippen molar-refractivity contribution >= 4 is 5.97 Å². The van der Waals surface area contributed by atoms with Crippen LogP contribution in [0, 0.1) is 5.41 Å². The third kappa shape index (κ3) is 6.75. The molecule has 0 heterocycles. The minimum Gasteiger partial charge on any atom is -0.496 e. The van der Waals surface area contributed by atoms with Gasteiger partial charge in [0.1, 0.15) is 11.5 Å². The fourth-order valence-electron chi connectivity index (χ4n) is 2.64. The molecule has 1 rings (SSSR count). The first-order chi connectivity index (χ1) is 12.2. The van der Waals surface area contributed by atoms with Gasteiger partial charge in [0.15, 0.2) is 0 Å². The molecule has 154 valence electrons. The van der Waals surface area contributed by atoms with Crippen LogP contribution < -0.4 is 9.47 Å². The van der Waals surface area contributed by atoms with Crippen molar-refractivity contribution in [3.63, 3.8) is 0 Å². The summed E-state index contributed by atoms with van der Waals surface area (Å²) in [7, 11) is 1.71. The molecular formula is C23H38O4. The molecule has 0 spiro atoms. The monoisotopic (exact) mass is 378 g/mol. The molecule has 0 aromatic heterocycles. The smallest absolute Gasteiger partial charge is 0.311 e. The van der Waals surface area contributed by atoms with Crippen molar-refractivity contribution in [1.82, 2.24) is 0 Å². The number of carbonyl (C=O) groups excluding carboxylic acids is 1. The number of hydrogen-bond donors (Lipinski definition) is 0. The highest BCUT2D eigenvalue weighted by atomic mass is 16.5. The molecule has 0 N–H and O–H groups in total. The summed E-state index contributed by atoms with van der Waals surface area (Å²) >= 11 is 0. The molecule has 27 heavy (non-hydrogen) atoms. The van der Waals surface area contributed by atoms with E-state index in [1.54, 1.807) is 7.11 Å². The second kappa shape index (κ2) is 8.53. The van der Waals surface area contributed by atoms with Crippen LogP contribution in [0.1, 0.15) is 79.9 Å². The second-order valence-electron chi connectivity index (χ2n) is 10.1. The standard InChI is InChI=1S/C23H38O4/c1-21(2,3)16-15-19(17(22(4,5)6)14-18(16)25-10)26-12-11-13-27-20(24)23(7,8)9/h14-15H,11-13H2,1-10H3. The molecule has 4 nitrogen and oxygen atoms in total. The third-order valence-corrected chi connectivity index (χ3v) is 4.31. The van der Waals surface area contributed by atoms with Crippen LogP contribution in [-0.4, -0.2) is 26.3 Å². The summed E-state index contributed by atoms with van der Waals surface area (Å²) in [6, 6.07) is 4.19. The normalized spacial score (nSPS) is 12.7. The van der Waals surface area contributed by atoms with Crippen LogP contribution in [0.3, 0.4) is 0 Å². The van der Waals surface area contributed by atoms with E-state index in [4.69, 9.17) is 14.2 Å². The van der Waals surface area contributed by atoms with E-state index < -0.39 is 5.41 Å². The quantitative estimate of drug-likeness (QED) is 0.474. The Morgan fingerprint density at radius 2 is 1.30 bits per heavy atom. The van der Waals surface area contributed by atoms with Gasteiger partial charge in [0.05, 0.1) is 25.7 Å². The van der Waals surface area contributed by atoms with Crippen LogP contribution in [0.5, 0.6) is 11.5 Å². The molecule has 0 saturated heterocycles. The van der Waals surface area contributed by atoms with Gasteiger partial charge in [-0.05, 0) is 43.7 Å². The van der Waals surface area contributed by atoms with Gasteiger partial charge >= 0.3 is 5.97 Å². The maximum absolute atomic E-state index is 11.8. The third-order valence-electron chi connectivity index (χ3n) is 4.31. The molecule has 0 bridgehead atoms. The van der Waals surface area contributed by atoms with Crippen molar-refractivity contribution in [2.45, 2.75) is 79.6 Å². The van der Waals surface area contributed by atoms with Crippen LogP contribution in [0.15, 0.2) is 12.1 Å². The number of carbonyl (C=O) groups is 1. The van der Waals surface area contributed by atoms with Crippen molar-refractivity contribution in [3.8, 4) is 11.5 Å². The topological polar surface area (TPSA) is 44.8 Å². The number of ether oxygens (including phenoxy) is 3. The van der Waals surface area contributed by atoms with E-state index in [9.17, 15) is 4.79 Å². The van der Waals surface area contributed by atoms with Gasteiger partial charge in [0, 0.05) is 17.5 Å². The number of rotatable bonds is 6. The molecular weight excluding hydrogens is 340 g/mol. The molecule has 0 atom stereocenters. The molecule has 0 saturated carbocycles. The fourth-order valence-corrected chi connectivity index (χ4v) is 2.64. The second-order valence-corrected chi connectivity index (χ2v) is 10.1. The van der Waals surface area contributed by atoms with Crippen molar-refractivity contribution in [1.29, 1.82) is 0 Å². The van der Waals surface area contributed by atoms with Crippen LogP contribution >= 0.6 is 0 Å². The zero-order chi connectivity index (χ0) is 21.0. The Morgan fingerprint density at radius 3 is 1.74 bits per heavy atom. The van der Waals surface area contributed by atoms with E-state index in [0.717, 1.165) is 22.6 Å². The van der Waals surface area contributed by atoms with Crippen molar-refractivity contribution in [2.24, 2.45) is 5.41 Å². The van der Waals surface area contributed by atoms with Crippen molar-refractivity contribution < 1.29 is 19.0 Å². The van der Waals surface area contributed by atoms with E-state index in [1.807, 2.05) is 20.8 Å². The molecule has 1 aromatic carbocycles. The van der Waals surface area contributed by atoms with E-state index in [1.165, 1.54) is 0 Å². The lowest BCUT2D eigenvalue weighted by Gasteiger charge is -2.28. The van der Waals surface area contributed by atoms with Crippen molar-refractivity contribution in [2.75, 3.05) is 20.3 Å². The number of esters is 1. The lowest BCUT2D eigenvalue weighted by molar-refractivity contribution is -0.153. The van der Waals surface area contributed by atoms with Gasteiger partial charge in [0.2, 0.25) is 0 Å². The number of methoxy groups -OCH3 is 1. The Bertz CT molecular complexity index is 640. The number of benzene rings is 1. The average Bonchev–Trinajstić information content (AvgIpc) is 2.50. The van der Waals surface area contributed by atoms with Gasteiger partial charge in [-0.15, -0.1) is 0 Å². The summed E-state index contributed by atoms with van der Waals surface area (Å²) in [6.45, 7) is 19.4. The highest BCUT2D eigenvalue weighted by molar-refractivity contribution is 5.75. The molecule has 4 heteroatoms. The summed E-state index contributed by atoms with van der Waals surface area (Å²) in [5, 5.41) is 0. The van der Waals surface area contributed by atoms with Crippen LogP contribution in [0.4, 0.5) is 0 Å². The Labute approximate surface area is 165 Å². The molecule has 0 amide bonds. The van der Waals surface area contributed by atoms with Crippen LogP contribution in [-0.2, 0) is 20.4 Å². The summed E-state index contributed by atoms with van der Waals surface area (Å²) in [5.74, 6) is 1.58. The largest absolute Gasteiger partial charge is 0.496 e. The zero-order valence-corrected chi connectivity index (χ0v) is 18.9. The van der Waals surface area contributed by atoms with E-state index >= 15 is 0 Å². The summed E-state index contributed by atoms with van der Waals surface area (Å²) in [5.41, 5.74) is 1.63. The molecule has 0 aliphatic heterocycles. The van der Waals surface area contributed by atoms with Crippen LogP contribution in [0.25, 0.3) is 0 Å². The Kier molecular flexibility index (Phi) is 7.37. The lowest BCUT2D eigenvalue weighted by atomic mass is 9.81. The molecule has 0 unspecified atom stereocenters. The minimum absolute atomic E-state index is 0.0535. The van der Waals surface area contributed by atoms with Crippen LogP contribution in [0.2, 0.25) is 0 Å². The summed E-state index contributed by atoms with van der Waals surface area (Å²) < 4.78 is 17.1. The maximum Gasteiger partial charge on any atom is 0.311 e. The van der Waals surface area contributed by atoms with Gasteiger partial charge in [-0.3, -0.25) is 4.79 Å². The molecule has 1 aromatic rings. The highest BCUT2D eigenvalue weighted by Gasteiger charge is 2.26. The highest BCUT2D eigenvalue weighted by Crippen LogP contribution is 2.41. The SMILES string of the molecule is COc1cc(C(C)(C)C)c(OCCCOC(=O)C(C)(C)C)cc1C(C)(C)C. The molecule has 0 fully saturated rings. The van der Waals surface area contributed by atoms with E-state index in [0.29, 0.717) is 19.6 Å². The van der Waals surface area contributed by atoms with Gasteiger partial charge < -0.3 is 14.2 Å². The first-order valence-corrected chi connectivity index (χ1v) is 9.71. The fraction of sp³-hybridized carbons (Fsp3) is 0.696. The van der Waals surface area contributed by atoms with Gasteiger partial charge in [-0.1, -0.05) is 41.5 Å². The van der Waals surface area contributed by atoms with Gasteiger partial charge in [-0.25, -0.2) is 0 Å². The first kappa shape index (κ1) is 23.3. The molecule has 0 radical (unpaired) electrons. The lowest BCUT2D eigenvalue weighted by Crippen LogP contribution is -2.24. The molecule has 0 aliphatic carbocycles. The minimum atomic E-state index is -0.474. The zero-order valence-electron chi connectivity index (χ0n) is 18.9. The Balaban J connectivity index is 2.93. The average molecular weight is 379 g/mol. The van der Waals surface area contributed by atoms with Crippen molar-refractivity contribution in [3.05, 3.63) is 23.3 Å². The molecule has 0 aliphatic rings. The summed E-state index contributed by atoms with van der Waals surface area (Å²) in [6.07, 6.45) is 0.655. The predicted molar refractivity (Wildman–Crippen MR) is 111 cm³/mol. The summed E-state index contributed by atoms with van der Waals surface area (Å²) in [4.78, 5) is 11.8. The van der Waals surface area contributed by atoms with Gasteiger partial charge in [0.25, 0.3) is 0 Å². The maximum atomic E-state index is 11.8. The van der Waals surface area contributed by atoms with Gasteiger partial charge in [-0.2, -0.15) is 0 Å². The predicted octanol–water partition coefficient (Wildman–Crippen LogP) is 5.65. The first-order valence-electron chi connectivity index (χ1n) is 9.71. The van der Waals surface area contributed by atoms with E-state index in [-0.39, 0.29) is 16.8 Å².